The van der Waals surface area contributed by atoms with Crippen molar-refractivity contribution in [2.24, 2.45) is 0 Å². The number of nitrogens with one attached hydrogen (secondary N) is 1. The molecule has 0 aromatic heterocycles. The van der Waals surface area contributed by atoms with E-state index < -0.39 is 6.04 Å². The number of hydrazine groups is 1. The SMILES string of the molecule is COC(=O)C1c2ccccc2CC(=O)NN1C. The van der Waals surface area contributed by atoms with Gasteiger partial charge >= 0.3 is 5.97 Å². The lowest BCUT2D eigenvalue weighted by Crippen LogP contribution is -2.43. The van der Waals surface area contributed by atoms with Crippen molar-refractivity contribution >= 4 is 11.9 Å². The van der Waals surface area contributed by atoms with Crippen molar-refractivity contribution < 1.29 is 14.3 Å². The summed E-state index contributed by atoms with van der Waals surface area (Å²) >= 11 is 0. The maximum atomic E-state index is 11.8. The Kier molecular flexibility index (Phi) is 3.10. The van der Waals surface area contributed by atoms with E-state index in [1.165, 1.54) is 12.1 Å². The van der Waals surface area contributed by atoms with Crippen LogP contribution in [-0.4, -0.2) is 31.0 Å². The van der Waals surface area contributed by atoms with Crippen molar-refractivity contribution in [3.05, 3.63) is 35.4 Å². The van der Waals surface area contributed by atoms with E-state index in [2.05, 4.69) is 5.43 Å². The Labute approximate surface area is 99.3 Å². The van der Waals surface area contributed by atoms with Gasteiger partial charge in [0.25, 0.3) is 0 Å². The fraction of sp³-hybridized carbons (Fsp3) is 0.333. The average molecular weight is 234 g/mol. The fourth-order valence-corrected chi connectivity index (χ4v) is 2.04. The summed E-state index contributed by atoms with van der Waals surface area (Å²) in [5.74, 6) is -0.520. The standard InChI is InChI=1S/C12H14N2O3/c1-14-11(12(16)17-2)9-6-4-3-5-8(9)7-10(15)13-14/h3-6,11H,7H2,1-2H3,(H,13,15). The highest BCUT2D eigenvalue weighted by Gasteiger charge is 2.32. The summed E-state index contributed by atoms with van der Waals surface area (Å²) in [5, 5.41) is 1.49. The first kappa shape index (κ1) is 11.6. The first-order valence-electron chi connectivity index (χ1n) is 5.31. The number of hydrogen-bond donors (Lipinski definition) is 1. The maximum absolute atomic E-state index is 11.8. The molecule has 0 aliphatic carbocycles. The highest BCUT2D eigenvalue weighted by molar-refractivity contribution is 5.84. The van der Waals surface area contributed by atoms with E-state index in [1.807, 2.05) is 24.3 Å². The highest BCUT2D eigenvalue weighted by Crippen LogP contribution is 2.26. The molecule has 17 heavy (non-hydrogen) atoms. The highest BCUT2D eigenvalue weighted by atomic mass is 16.5. The molecule has 1 atom stereocenters. The third kappa shape index (κ3) is 2.14. The number of fused-ring (bicyclic) bond motifs is 1. The predicted octanol–water partition coefficient (Wildman–Crippen LogP) is 0.420. The molecule has 1 N–H and O–H groups in total. The van der Waals surface area contributed by atoms with Crippen LogP contribution in [0.2, 0.25) is 0 Å². The summed E-state index contributed by atoms with van der Waals surface area (Å²) in [6.45, 7) is 0. The summed E-state index contributed by atoms with van der Waals surface area (Å²) in [5.41, 5.74) is 4.30. The number of amides is 1. The van der Waals surface area contributed by atoms with Crippen molar-refractivity contribution in [3.63, 3.8) is 0 Å². The number of esters is 1. The third-order valence-electron chi connectivity index (χ3n) is 2.81. The molecular weight excluding hydrogens is 220 g/mol. The molecule has 5 nitrogen and oxygen atoms in total. The second-order valence-electron chi connectivity index (χ2n) is 3.95. The molecule has 1 aliphatic heterocycles. The van der Waals surface area contributed by atoms with Crippen molar-refractivity contribution in [2.75, 3.05) is 14.2 Å². The summed E-state index contributed by atoms with van der Waals surface area (Å²) in [4.78, 5) is 23.4. The second-order valence-corrected chi connectivity index (χ2v) is 3.95. The molecule has 1 aromatic rings. The van der Waals surface area contributed by atoms with Gasteiger partial charge in [0.05, 0.1) is 13.5 Å². The number of nitrogens with zero attached hydrogens (tertiary/aromatic N) is 1. The summed E-state index contributed by atoms with van der Waals surface area (Å²) < 4.78 is 4.78. The van der Waals surface area contributed by atoms with Crippen LogP contribution in [0, 0.1) is 0 Å². The molecule has 90 valence electrons. The molecule has 0 bridgehead atoms. The zero-order chi connectivity index (χ0) is 12.4. The Bertz CT molecular complexity index is 459. The van der Waals surface area contributed by atoms with Crippen LogP contribution in [0.4, 0.5) is 0 Å². The van der Waals surface area contributed by atoms with E-state index in [1.54, 1.807) is 7.05 Å². The number of carbonyl (C=O) groups excluding carboxylic acids is 2. The minimum Gasteiger partial charge on any atom is -0.468 e. The fourth-order valence-electron chi connectivity index (χ4n) is 2.04. The number of carbonyl (C=O) groups is 2. The van der Waals surface area contributed by atoms with Crippen LogP contribution < -0.4 is 5.43 Å². The molecule has 1 unspecified atom stereocenters. The maximum Gasteiger partial charge on any atom is 0.329 e. The van der Waals surface area contributed by atoms with Gasteiger partial charge in [-0.3, -0.25) is 10.2 Å². The lowest BCUT2D eigenvalue weighted by molar-refractivity contribution is -0.148. The van der Waals surface area contributed by atoms with Crippen LogP contribution in [0.3, 0.4) is 0 Å². The van der Waals surface area contributed by atoms with Crippen molar-refractivity contribution in [1.29, 1.82) is 0 Å². The number of methoxy groups -OCH3 is 1. The monoisotopic (exact) mass is 234 g/mol. The molecular formula is C12H14N2O3. The van der Waals surface area contributed by atoms with Crippen molar-refractivity contribution in [2.45, 2.75) is 12.5 Å². The Morgan fingerprint density at radius 1 is 1.47 bits per heavy atom. The van der Waals surface area contributed by atoms with Crippen LogP contribution in [-0.2, 0) is 20.7 Å². The number of ether oxygens (including phenoxy) is 1. The van der Waals surface area contributed by atoms with Gasteiger partial charge in [0.1, 0.15) is 0 Å². The van der Waals surface area contributed by atoms with Crippen LogP contribution >= 0.6 is 0 Å². The van der Waals surface area contributed by atoms with Gasteiger partial charge in [-0.1, -0.05) is 24.3 Å². The molecule has 0 saturated heterocycles. The normalized spacial score (nSPS) is 20.1. The molecule has 2 rings (SSSR count). The molecule has 1 aromatic carbocycles. The lowest BCUT2D eigenvalue weighted by atomic mass is 9.98. The molecule has 1 heterocycles. The largest absolute Gasteiger partial charge is 0.468 e. The molecule has 1 amide bonds. The Balaban J connectivity index is 2.49. The summed E-state index contributed by atoms with van der Waals surface area (Å²) in [6, 6.07) is 6.80. The number of likely N-dealkylation sites (N-methyl/N-ethyl adjacent to an activating group) is 1. The van der Waals surface area contributed by atoms with Crippen LogP contribution in [0.5, 0.6) is 0 Å². The molecule has 1 aliphatic rings. The Morgan fingerprint density at radius 3 is 2.88 bits per heavy atom. The van der Waals surface area contributed by atoms with Gasteiger partial charge in [-0.15, -0.1) is 0 Å². The van der Waals surface area contributed by atoms with E-state index in [-0.39, 0.29) is 18.3 Å². The number of hydrogen-bond acceptors (Lipinski definition) is 4. The Hall–Kier alpha value is -1.88. The summed E-state index contributed by atoms with van der Waals surface area (Å²) in [7, 11) is 2.99. The zero-order valence-electron chi connectivity index (χ0n) is 9.77. The van der Waals surface area contributed by atoms with Gasteiger partial charge in [-0.2, -0.15) is 0 Å². The van der Waals surface area contributed by atoms with E-state index in [0.29, 0.717) is 0 Å². The topological polar surface area (TPSA) is 58.6 Å². The second kappa shape index (κ2) is 4.55. The van der Waals surface area contributed by atoms with Crippen LogP contribution in [0.1, 0.15) is 17.2 Å². The van der Waals surface area contributed by atoms with Crippen molar-refractivity contribution in [1.82, 2.24) is 10.4 Å². The molecule has 0 radical (unpaired) electrons. The van der Waals surface area contributed by atoms with Gasteiger partial charge in [0.15, 0.2) is 6.04 Å². The average Bonchev–Trinajstić information content (AvgIpc) is 2.42. The van der Waals surface area contributed by atoms with Gasteiger partial charge < -0.3 is 4.74 Å². The Morgan fingerprint density at radius 2 is 2.18 bits per heavy atom. The first-order valence-corrected chi connectivity index (χ1v) is 5.31. The minimum atomic E-state index is -0.595. The third-order valence-corrected chi connectivity index (χ3v) is 2.81. The quantitative estimate of drug-likeness (QED) is 0.715. The van der Waals surface area contributed by atoms with E-state index >= 15 is 0 Å². The molecule has 0 saturated carbocycles. The molecule has 5 heteroatoms. The lowest BCUT2D eigenvalue weighted by Gasteiger charge is -2.24. The van der Waals surface area contributed by atoms with Crippen molar-refractivity contribution in [3.8, 4) is 0 Å². The molecule has 0 fully saturated rings. The van der Waals surface area contributed by atoms with E-state index in [4.69, 9.17) is 4.74 Å². The van der Waals surface area contributed by atoms with Crippen LogP contribution in [0.25, 0.3) is 0 Å². The predicted molar refractivity (Wildman–Crippen MR) is 60.8 cm³/mol. The first-order chi connectivity index (χ1) is 8.13. The van der Waals surface area contributed by atoms with E-state index in [9.17, 15) is 9.59 Å². The zero-order valence-corrected chi connectivity index (χ0v) is 9.77. The van der Waals surface area contributed by atoms with Gasteiger partial charge in [0.2, 0.25) is 5.91 Å². The number of rotatable bonds is 1. The minimum absolute atomic E-state index is 0.133. The van der Waals surface area contributed by atoms with Gasteiger partial charge in [0, 0.05) is 7.05 Å². The van der Waals surface area contributed by atoms with E-state index in [0.717, 1.165) is 11.1 Å². The van der Waals surface area contributed by atoms with Gasteiger partial charge in [-0.05, 0) is 11.1 Å². The molecule has 0 spiro atoms. The smallest absolute Gasteiger partial charge is 0.329 e. The number of benzene rings is 1. The van der Waals surface area contributed by atoms with Crippen LogP contribution in [0.15, 0.2) is 24.3 Å². The summed E-state index contributed by atoms with van der Waals surface area (Å²) in [6.07, 6.45) is 0.272. The van der Waals surface area contributed by atoms with Gasteiger partial charge in [-0.25, -0.2) is 9.80 Å².